The van der Waals surface area contributed by atoms with Gasteiger partial charge in [0.15, 0.2) is 0 Å². The van der Waals surface area contributed by atoms with Crippen LogP contribution in [0.3, 0.4) is 0 Å². The maximum Gasteiger partial charge on any atom is 0.133 e. The Bertz CT molecular complexity index is 479. The van der Waals surface area contributed by atoms with Crippen LogP contribution in [-0.4, -0.2) is 4.98 Å². The van der Waals surface area contributed by atoms with E-state index in [4.69, 9.17) is 5.73 Å². The van der Waals surface area contributed by atoms with Crippen molar-refractivity contribution in [2.75, 3.05) is 0 Å². The summed E-state index contributed by atoms with van der Waals surface area (Å²) in [6.07, 6.45) is 0. The Labute approximate surface area is 91.6 Å². The van der Waals surface area contributed by atoms with Crippen LogP contribution in [0.5, 0.6) is 0 Å². The summed E-state index contributed by atoms with van der Waals surface area (Å²) in [5.41, 5.74) is 7.71. The van der Waals surface area contributed by atoms with Crippen molar-refractivity contribution in [1.29, 1.82) is 0 Å². The molecule has 0 bridgehead atoms. The van der Waals surface area contributed by atoms with E-state index < -0.39 is 0 Å². The molecule has 1 heterocycles. The zero-order valence-electron chi connectivity index (χ0n) is 8.33. The van der Waals surface area contributed by atoms with Crippen LogP contribution in [-0.2, 0) is 6.54 Å². The molecular formula is C11H11FN2S. The lowest BCUT2D eigenvalue weighted by Gasteiger charge is -1.99. The van der Waals surface area contributed by atoms with Crippen molar-refractivity contribution in [3.63, 3.8) is 0 Å². The first kappa shape index (κ1) is 10.3. The molecule has 0 radical (unpaired) electrons. The van der Waals surface area contributed by atoms with Gasteiger partial charge >= 0.3 is 0 Å². The Morgan fingerprint density at radius 3 is 2.87 bits per heavy atom. The van der Waals surface area contributed by atoms with E-state index in [-0.39, 0.29) is 5.82 Å². The van der Waals surface area contributed by atoms with Gasteiger partial charge in [-0.2, -0.15) is 0 Å². The second-order valence-electron chi connectivity index (χ2n) is 3.33. The fourth-order valence-electron chi connectivity index (χ4n) is 1.32. The molecule has 1 aromatic carbocycles. The van der Waals surface area contributed by atoms with Crippen LogP contribution in [0.2, 0.25) is 0 Å². The van der Waals surface area contributed by atoms with Gasteiger partial charge in [0.05, 0.1) is 5.69 Å². The first-order valence-electron chi connectivity index (χ1n) is 4.61. The normalized spacial score (nSPS) is 10.6. The number of aromatic nitrogens is 1. The molecule has 0 fully saturated rings. The summed E-state index contributed by atoms with van der Waals surface area (Å²) in [4.78, 5) is 4.24. The smallest absolute Gasteiger partial charge is 0.133 e. The molecule has 0 atom stereocenters. The van der Waals surface area contributed by atoms with Gasteiger partial charge in [0, 0.05) is 17.5 Å². The Balaban J connectivity index is 2.44. The van der Waals surface area contributed by atoms with Crippen molar-refractivity contribution < 1.29 is 4.39 Å². The monoisotopic (exact) mass is 222 g/mol. The summed E-state index contributed by atoms with van der Waals surface area (Å²) in [7, 11) is 0. The standard InChI is InChI=1S/C11H11FN2S/c1-7-2-3-9(10(12)4-7)11-14-8(5-13)6-15-11/h2-4,6H,5,13H2,1H3. The molecule has 2 nitrogen and oxygen atoms in total. The van der Waals surface area contributed by atoms with Crippen LogP contribution in [0.4, 0.5) is 4.39 Å². The number of nitrogens with zero attached hydrogens (tertiary/aromatic N) is 1. The fraction of sp³-hybridized carbons (Fsp3) is 0.182. The summed E-state index contributed by atoms with van der Waals surface area (Å²) < 4.78 is 13.6. The molecule has 0 amide bonds. The molecule has 0 aliphatic rings. The Kier molecular flexibility index (Phi) is 2.79. The lowest BCUT2D eigenvalue weighted by molar-refractivity contribution is 0.630. The van der Waals surface area contributed by atoms with Crippen LogP contribution in [0.1, 0.15) is 11.3 Å². The maximum atomic E-state index is 13.6. The number of rotatable bonds is 2. The van der Waals surface area contributed by atoms with Crippen LogP contribution < -0.4 is 5.73 Å². The minimum atomic E-state index is -0.229. The van der Waals surface area contributed by atoms with Gasteiger partial charge in [0.1, 0.15) is 10.8 Å². The molecule has 2 aromatic rings. The van der Waals surface area contributed by atoms with Crippen LogP contribution in [0.25, 0.3) is 10.6 Å². The van der Waals surface area contributed by atoms with Gasteiger partial charge in [-0.15, -0.1) is 11.3 Å². The first-order chi connectivity index (χ1) is 7.20. The summed E-state index contributed by atoms with van der Waals surface area (Å²) in [5, 5.41) is 2.54. The van der Waals surface area contributed by atoms with E-state index in [1.165, 1.54) is 17.4 Å². The van der Waals surface area contributed by atoms with Crippen molar-refractivity contribution >= 4 is 11.3 Å². The van der Waals surface area contributed by atoms with E-state index in [2.05, 4.69) is 4.98 Å². The molecule has 15 heavy (non-hydrogen) atoms. The summed E-state index contributed by atoms with van der Waals surface area (Å²) >= 11 is 1.42. The van der Waals surface area contributed by atoms with Crippen molar-refractivity contribution in [2.24, 2.45) is 5.73 Å². The SMILES string of the molecule is Cc1ccc(-c2nc(CN)cs2)c(F)c1. The molecule has 0 aliphatic heterocycles. The number of benzene rings is 1. The molecular weight excluding hydrogens is 211 g/mol. The summed E-state index contributed by atoms with van der Waals surface area (Å²) in [6.45, 7) is 2.25. The van der Waals surface area contributed by atoms with E-state index in [0.29, 0.717) is 17.1 Å². The molecule has 0 spiro atoms. The predicted molar refractivity (Wildman–Crippen MR) is 60.1 cm³/mol. The van der Waals surface area contributed by atoms with Crippen molar-refractivity contribution in [3.8, 4) is 10.6 Å². The maximum absolute atomic E-state index is 13.6. The van der Waals surface area contributed by atoms with Gasteiger partial charge in [-0.1, -0.05) is 6.07 Å². The van der Waals surface area contributed by atoms with Crippen molar-refractivity contribution in [3.05, 3.63) is 40.7 Å². The predicted octanol–water partition coefficient (Wildman–Crippen LogP) is 2.72. The van der Waals surface area contributed by atoms with Crippen LogP contribution in [0.15, 0.2) is 23.6 Å². The third-order valence-electron chi connectivity index (χ3n) is 2.12. The van der Waals surface area contributed by atoms with Crippen LogP contribution >= 0.6 is 11.3 Å². The van der Waals surface area contributed by atoms with E-state index >= 15 is 0 Å². The molecule has 2 rings (SSSR count). The third kappa shape index (κ3) is 2.06. The lowest BCUT2D eigenvalue weighted by Crippen LogP contribution is -1.96. The number of nitrogens with two attached hydrogens (primary N) is 1. The highest BCUT2D eigenvalue weighted by molar-refractivity contribution is 7.13. The average Bonchev–Trinajstić information content (AvgIpc) is 2.66. The van der Waals surface area contributed by atoms with Gasteiger partial charge < -0.3 is 5.73 Å². The minimum Gasteiger partial charge on any atom is -0.325 e. The number of hydrogen-bond donors (Lipinski definition) is 1. The second-order valence-corrected chi connectivity index (χ2v) is 4.19. The summed E-state index contributed by atoms with van der Waals surface area (Å²) in [5.74, 6) is -0.229. The Morgan fingerprint density at radius 1 is 1.47 bits per heavy atom. The number of aryl methyl sites for hydroxylation is 1. The Morgan fingerprint density at radius 2 is 2.27 bits per heavy atom. The second kappa shape index (κ2) is 4.08. The fourth-order valence-corrected chi connectivity index (χ4v) is 2.18. The largest absolute Gasteiger partial charge is 0.325 e. The number of halogens is 1. The van der Waals surface area contributed by atoms with Crippen molar-refractivity contribution in [1.82, 2.24) is 4.98 Å². The highest BCUT2D eigenvalue weighted by Gasteiger charge is 2.08. The van der Waals surface area contributed by atoms with E-state index in [1.54, 1.807) is 6.07 Å². The van der Waals surface area contributed by atoms with Crippen molar-refractivity contribution in [2.45, 2.75) is 13.5 Å². The molecule has 78 valence electrons. The highest BCUT2D eigenvalue weighted by Crippen LogP contribution is 2.26. The molecule has 0 saturated carbocycles. The first-order valence-corrected chi connectivity index (χ1v) is 5.49. The van der Waals surface area contributed by atoms with Gasteiger partial charge in [0.25, 0.3) is 0 Å². The van der Waals surface area contributed by atoms with Gasteiger partial charge in [-0.3, -0.25) is 0 Å². The number of thiazole rings is 1. The molecule has 1 aromatic heterocycles. The minimum absolute atomic E-state index is 0.229. The summed E-state index contributed by atoms with van der Waals surface area (Å²) in [6, 6.07) is 5.14. The molecule has 0 saturated heterocycles. The highest BCUT2D eigenvalue weighted by atomic mass is 32.1. The zero-order valence-corrected chi connectivity index (χ0v) is 9.14. The van der Waals surface area contributed by atoms with Crippen LogP contribution in [0, 0.1) is 12.7 Å². The zero-order chi connectivity index (χ0) is 10.8. The molecule has 4 heteroatoms. The quantitative estimate of drug-likeness (QED) is 0.848. The van der Waals surface area contributed by atoms with Gasteiger partial charge in [0.2, 0.25) is 0 Å². The number of hydrogen-bond acceptors (Lipinski definition) is 3. The van der Waals surface area contributed by atoms with Gasteiger partial charge in [-0.25, -0.2) is 9.37 Å². The molecule has 2 N–H and O–H groups in total. The Hall–Kier alpha value is -1.26. The van der Waals surface area contributed by atoms with E-state index in [9.17, 15) is 4.39 Å². The van der Waals surface area contributed by atoms with E-state index in [1.807, 2.05) is 18.4 Å². The van der Waals surface area contributed by atoms with Gasteiger partial charge in [-0.05, 0) is 24.6 Å². The molecule has 0 aliphatic carbocycles. The van der Waals surface area contributed by atoms with E-state index in [0.717, 1.165) is 11.3 Å². The third-order valence-corrected chi connectivity index (χ3v) is 3.04. The average molecular weight is 222 g/mol. The topological polar surface area (TPSA) is 38.9 Å². The lowest BCUT2D eigenvalue weighted by atomic mass is 10.1. The molecule has 0 unspecified atom stereocenters.